The third kappa shape index (κ3) is 3.76. The van der Waals surface area contributed by atoms with E-state index < -0.39 is 38.5 Å². The normalized spacial score (nSPS) is 11.7. The fourth-order valence-corrected chi connectivity index (χ4v) is 2.94. The van der Waals surface area contributed by atoms with Crippen molar-refractivity contribution in [3.63, 3.8) is 0 Å². The number of aryl methyl sites for hydroxylation is 1. The summed E-state index contributed by atoms with van der Waals surface area (Å²) in [5, 5.41) is 6.33. The van der Waals surface area contributed by atoms with Crippen LogP contribution in [0.15, 0.2) is 21.8 Å². The lowest BCUT2D eigenvalue weighted by molar-refractivity contribution is 0.219. The number of hydrogen-bond acceptors (Lipinski definition) is 6. The van der Waals surface area contributed by atoms with Crippen LogP contribution in [0.3, 0.4) is 0 Å². The van der Waals surface area contributed by atoms with Crippen molar-refractivity contribution in [2.75, 3.05) is 4.72 Å². The van der Waals surface area contributed by atoms with Crippen molar-refractivity contribution >= 4 is 15.7 Å². The number of nitrogens with one attached hydrogen (secondary N) is 1. The molecule has 0 saturated carbocycles. The van der Waals surface area contributed by atoms with Crippen molar-refractivity contribution in [2.24, 2.45) is 0 Å². The molecule has 1 N–H and O–H groups in total. The molecule has 2 rings (SSSR count). The van der Waals surface area contributed by atoms with E-state index >= 15 is 0 Å². The molecule has 0 aliphatic rings. The maximum Gasteiger partial charge on any atom is 0.284 e. The van der Waals surface area contributed by atoms with E-state index in [4.69, 9.17) is 4.74 Å². The van der Waals surface area contributed by atoms with Gasteiger partial charge in [0, 0.05) is 12.1 Å². The Labute approximate surface area is 131 Å². The van der Waals surface area contributed by atoms with Crippen molar-refractivity contribution in [1.82, 2.24) is 10.3 Å². The average molecular weight is 347 g/mol. The van der Waals surface area contributed by atoms with Gasteiger partial charge < -0.3 is 4.74 Å². The van der Waals surface area contributed by atoms with Gasteiger partial charge in [-0.2, -0.15) is 8.42 Å². The number of halogens is 2. The number of benzene rings is 1. The highest BCUT2D eigenvalue weighted by atomic mass is 32.2. The largest absolute Gasteiger partial charge is 0.485 e. The van der Waals surface area contributed by atoms with E-state index in [0.29, 0.717) is 0 Å². The molecule has 23 heavy (non-hydrogen) atoms. The van der Waals surface area contributed by atoms with Gasteiger partial charge in [-0.15, -0.1) is 0 Å². The molecule has 0 unspecified atom stereocenters. The molecule has 2 aromatic rings. The molecule has 0 aliphatic carbocycles. The number of ether oxygens (including phenoxy) is 1. The molecule has 7 nitrogen and oxygen atoms in total. The van der Waals surface area contributed by atoms with Gasteiger partial charge in [-0.05, 0) is 25.4 Å². The first kappa shape index (κ1) is 17.1. The van der Waals surface area contributed by atoms with Crippen LogP contribution in [-0.2, 0) is 16.4 Å². The number of aromatic nitrogens is 2. The second-order valence-corrected chi connectivity index (χ2v) is 6.51. The van der Waals surface area contributed by atoms with Crippen molar-refractivity contribution < 1.29 is 26.6 Å². The first-order valence-corrected chi connectivity index (χ1v) is 8.22. The minimum absolute atomic E-state index is 0.109. The van der Waals surface area contributed by atoms with Gasteiger partial charge in [0.1, 0.15) is 5.69 Å². The molecule has 1 aromatic carbocycles. The third-order valence-corrected chi connectivity index (χ3v) is 4.04. The van der Waals surface area contributed by atoms with Crippen molar-refractivity contribution in [3.05, 3.63) is 29.5 Å². The Balaban J connectivity index is 2.33. The van der Waals surface area contributed by atoms with E-state index in [1.165, 1.54) is 0 Å². The topological polar surface area (TPSA) is 94.3 Å². The smallest absolute Gasteiger partial charge is 0.284 e. The van der Waals surface area contributed by atoms with E-state index in [0.717, 1.165) is 12.1 Å². The van der Waals surface area contributed by atoms with Gasteiger partial charge in [0.2, 0.25) is 5.03 Å². The summed E-state index contributed by atoms with van der Waals surface area (Å²) in [6, 6.07) is 1.63. The minimum atomic E-state index is -4.17. The quantitative estimate of drug-likeness (QED) is 0.863. The predicted molar refractivity (Wildman–Crippen MR) is 76.6 cm³/mol. The van der Waals surface area contributed by atoms with Crippen LogP contribution in [0.1, 0.15) is 26.5 Å². The Bertz CT molecular complexity index is 782. The summed E-state index contributed by atoms with van der Waals surface area (Å²) in [6.45, 7) is 4.88. The summed E-state index contributed by atoms with van der Waals surface area (Å²) < 4.78 is 63.6. The predicted octanol–water partition coefficient (Wildman–Crippen LogP) is 2.50. The van der Waals surface area contributed by atoms with Crippen LogP contribution in [-0.4, -0.2) is 24.8 Å². The molecule has 0 bridgehead atoms. The first-order chi connectivity index (χ1) is 10.7. The lowest BCUT2D eigenvalue weighted by Crippen LogP contribution is -2.16. The summed E-state index contributed by atoms with van der Waals surface area (Å²) in [5.74, 6) is -2.61. The lowest BCUT2D eigenvalue weighted by atomic mass is 10.3. The second-order valence-electron chi connectivity index (χ2n) is 4.91. The molecule has 1 heterocycles. The van der Waals surface area contributed by atoms with Crippen molar-refractivity contribution in [3.8, 4) is 5.75 Å². The van der Waals surface area contributed by atoms with Gasteiger partial charge in [-0.1, -0.05) is 12.1 Å². The Morgan fingerprint density at radius 1 is 1.26 bits per heavy atom. The molecule has 0 radical (unpaired) electrons. The van der Waals surface area contributed by atoms with Crippen LogP contribution >= 0.6 is 0 Å². The van der Waals surface area contributed by atoms with Crippen LogP contribution in [0.25, 0.3) is 0 Å². The summed E-state index contributed by atoms with van der Waals surface area (Å²) in [4.78, 5) is 0. The molecular weight excluding hydrogens is 332 g/mol. The highest BCUT2D eigenvalue weighted by Gasteiger charge is 2.25. The van der Waals surface area contributed by atoms with Gasteiger partial charge in [0.05, 0.1) is 11.8 Å². The van der Waals surface area contributed by atoms with Gasteiger partial charge in [-0.3, -0.25) is 4.72 Å². The maximum absolute atomic E-state index is 13.9. The Morgan fingerprint density at radius 2 is 1.87 bits per heavy atom. The standard InChI is InChI=1S/C13H15F2N3O4S/c1-4-11-13(17-22-16-11)23(19,20)18-8-5-9(14)12(10(15)6-8)21-7(2)3/h5-7,18H,4H2,1-3H3. The van der Waals surface area contributed by atoms with Crippen LogP contribution in [0, 0.1) is 11.6 Å². The second kappa shape index (κ2) is 6.49. The summed E-state index contributed by atoms with van der Waals surface area (Å²) in [6.07, 6.45) is -0.168. The zero-order valence-corrected chi connectivity index (χ0v) is 13.4. The molecule has 0 saturated heterocycles. The Morgan fingerprint density at radius 3 is 2.39 bits per heavy atom. The molecule has 0 amide bonds. The highest BCUT2D eigenvalue weighted by molar-refractivity contribution is 7.92. The number of rotatable bonds is 6. The van der Waals surface area contributed by atoms with E-state index in [1.807, 2.05) is 4.72 Å². The number of hydrogen-bond donors (Lipinski definition) is 1. The number of nitrogens with zero attached hydrogens (tertiary/aromatic N) is 2. The Hall–Kier alpha value is -2.23. The fourth-order valence-electron chi connectivity index (χ4n) is 1.79. The van der Waals surface area contributed by atoms with Crippen LogP contribution in [0.4, 0.5) is 14.5 Å². The van der Waals surface area contributed by atoms with Crippen LogP contribution in [0.5, 0.6) is 5.75 Å². The molecule has 126 valence electrons. The zero-order chi connectivity index (χ0) is 17.2. The summed E-state index contributed by atoms with van der Waals surface area (Å²) >= 11 is 0. The third-order valence-electron chi connectivity index (χ3n) is 2.72. The van der Waals surface area contributed by atoms with Crippen molar-refractivity contribution in [2.45, 2.75) is 38.3 Å². The van der Waals surface area contributed by atoms with Gasteiger partial charge in [-0.25, -0.2) is 13.4 Å². The molecular formula is C13H15F2N3O4S. The Kier molecular flexibility index (Phi) is 4.83. The summed E-state index contributed by atoms with van der Waals surface area (Å²) in [5.41, 5.74) is -0.195. The average Bonchev–Trinajstić information content (AvgIpc) is 2.91. The fraction of sp³-hybridized carbons (Fsp3) is 0.385. The summed E-state index contributed by atoms with van der Waals surface area (Å²) in [7, 11) is -4.17. The van der Waals surface area contributed by atoms with Crippen LogP contribution < -0.4 is 9.46 Å². The van der Waals surface area contributed by atoms with E-state index in [-0.39, 0.29) is 17.8 Å². The lowest BCUT2D eigenvalue weighted by Gasteiger charge is -2.13. The monoisotopic (exact) mass is 347 g/mol. The minimum Gasteiger partial charge on any atom is -0.485 e. The molecule has 0 fully saturated rings. The molecule has 0 atom stereocenters. The van der Waals surface area contributed by atoms with Crippen molar-refractivity contribution in [1.29, 1.82) is 0 Å². The highest BCUT2D eigenvalue weighted by Crippen LogP contribution is 2.28. The van der Waals surface area contributed by atoms with Gasteiger partial charge in [0.25, 0.3) is 10.0 Å². The molecule has 0 aliphatic heterocycles. The van der Waals surface area contributed by atoms with Gasteiger partial charge >= 0.3 is 0 Å². The SMILES string of the molecule is CCc1nonc1S(=O)(=O)Nc1cc(F)c(OC(C)C)c(F)c1. The number of sulfonamides is 1. The maximum atomic E-state index is 13.9. The number of anilines is 1. The molecule has 1 aromatic heterocycles. The van der Waals surface area contributed by atoms with E-state index in [2.05, 4.69) is 14.9 Å². The zero-order valence-electron chi connectivity index (χ0n) is 12.6. The molecule has 10 heteroatoms. The van der Waals surface area contributed by atoms with Crippen LogP contribution in [0.2, 0.25) is 0 Å². The van der Waals surface area contributed by atoms with E-state index in [1.54, 1.807) is 20.8 Å². The van der Waals surface area contributed by atoms with Gasteiger partial charge in [0.15, 0.2) is 17.4 Å². The molecule has 0 spiro atoms. The van der Waals surface area contributed by atoms with E-state index in [9.17, 15) is 17.2 Å². The first-order valence-electron chi connectivity index (χ1n) is 6.74.